The van der Waals surface area contributed by atoms with Crippen LogP contribution in [0.5, 0.6) is 0 Å². The molecular formula is C77H59N. The lowest BCUT2D eigenvalue weighted by molar-refractivity contribution is 0.445. The molecule has 12 aromatic carbocycles. The number of benzene rings is 12. The van der Waals surface area contributed by atoms with Gasteiger partial charge in [0.2, 0.25) is 0 Å². The zero-order chi connectivity index (χ0) is 51.8. The minimum Gasteiger partial charge on any atom is -0.309 e. The third kappa shape index (κ3) is 8.09. The van der Waals surface area contributed by atoms with Crippen LogP contribution < -0.4 is 4.90 Å². The number of fused-ring (bicyclic) bond motifs is 4. The smallest absolute Gasteiger partial charge is 0.0713 e. The summed E-state index contributed by atoms with van der Waals surface area (Å²) in [6, 6.07) is 109. The van der Waals surface area contributed by atoms with Crippen molar-refractivity contribution in [1.29, 1.82) is 0 Å². The fourth-order valence-electron chi connectivity index (χ4n) is 13.5. The van der Waals surface area contributed by atoms with Gasteiger partial charge in [-0.3, -0.25) is 0 Å². The maximum absolute atomic E-state index is 2.55. The second-order valence-electron chi connectivity index (χ2n) is 21.3. The molecule has 2 aliphatic carbocycles. The normalized spacial score (nSPS) is 13.7. The molecule has 0 spiro atoms. The number of hydrogen-bond acceptors (Lipinski definition) is 1. The quantitative estimate of drug-likeness (QED) is 0.125. The highest BCUT2D eigenvalue weighted by molar-refractivity contribution is 6.05. The van der Waals surface area contributed by atoms with Crippen LogP contribution in [0.1, 0.15) is 65.8 Å². The Labute approximate surface area is 459 Å². The van der Waals surface area contributed by atoms with Crippen molar-refractivity contribution < 1.29 is 0 Å². The number of anilines is 3. The van der Waals surface area contributed by atoms with E-state index in [-0.39, 0.29) is 0 Å². The predicted molar refractivity (Wildman–Crippen MR) is 329 cm³/mol. The third-order valence-corrected chi connectivity index (χ3v) is 17.0. The lowest BCUT2D eigenvalue weighted by atomic mass is 9.67. The molecule has 14 rings (SSSR count). The summed E-state index contributed by atoms with van der Waals surface area (Å²) in [5.74, 6) is 0.547. The van der Waals surface area contributed by atoms with Gasteiger partial charge in [-0.25, -0.2) is 0 Å². The summed E-state index contributed by atoms with van der Waals surface area (Å²) in [7, 11) is 0. The molecule has 12 aromatic rings. The van der Waals surface area contributed by atoms with Crippen molar-refractivity contribution in [2.24, 2.45) is 0 Å². The summed E-state index contributed by atoms with van der Waals surface area (Å²) in [6.07, 6.45) is 6.38. The van der Waals surface area contributed by atoms with Gasteiger partial charge in [0, 0.05) is 16.8 Å². The van der Waals surface area contributed by atoms with Gasteiger partial charge in [0.05, 0.1) is 16.8 Å². The van der Waals surface area contributed by atoms with E-state index in [1.54, 1.807) is 0 Å². The first-order valence-corrected chi connectivity index (χ1v) is 27.9. The van der Waals surface area contributed by atoms with Crippen molar-refractivity contribution in [3.63, 3.8) is 0 Å². The summed E-state index contributed by atoms with van der Waals surface area (Å²) in [6.45, 7) is 0. The van der Waals surface area contributed by atoms with Crippen molar-refractivity contribution in [2.75, 3.05) is 4.90 Å². The van der Waals surface area contributed by atoms with Crippen molar-refractivity contribution in [3.05, 3.63) is 319 Å². The SMILES string of the molecule is c1ccc(-c2ccc(-c3ccc(N(c4ccccc4-c4cccc5c4-c4ccccc4C5(c4ccccc4)c4ccccc4)c4ccccc4-c4cccc5cccc(C6CCCCC6)c45)cc3)cc2-c2ccccc2)cc1. The fourth-order valence-corrected chi connectivity index (χ4v) is 13.5. The lowest BCUT2D eigenvalue weighted by Gasteiger charge is -2.34. The summed E-state index contributed by atoms with van der Waals surface area (Å²) >= 11 is 0. The third-order valence-electron chi connectivity index (χ3n) is 17.0. The van der Waals surface area contributed by atoms with E-state index in [9.17, 15) is 0 Å². The zero-order valence-electron chi connectivity index (χ0n) is 43.8. The molecule has 0 radical (unpaired) electrons. The lowest BCUT2D eigenvalue weighted by Crippen LogP contribution is -2.28. The average molecular weight is 998 g/mol. The molecule has 0 bridgehead atoms. The number of nitrogens with zero attached hydrogens (tertiary/aromatic N) is 1. The molecule has 1 fully saturated rings. The Morgan fingerprint density at radius 3 is 1.45 bits per heavy atom. The van der Waals surface area contributed by atoms with E-state index in [0.29, 0.717) is 5.92 Å². The van der Waals surface area contributed by atoms with E-state index in [1.807, 2.05) is 0 Å². The maximum atomic E-state index is 2.55. The minimum absolute atomic E-state index is 0.522. The molecule has 0 aromatic heterocycles. The van der Waals surface area contributed by atoms with Crippen molar-refractivity contribution >= 4 is 27.8 Å². The van der Waals surface area contributed by atoms with Gasteiger partial charge in [0.25, 0.3) is 0 Å². The molecule has 0 saturated heterocycles. The number of para-hydroxylation sites is 2. The molecule has 0 N–H and O–H groups in total. The van der Waals surface area contributed by atoms with E-state index >= 15 is 0 Å². The Hall–Kier alpha value is -9.30. The number of rotatable bonds is 11. The van der Waals surface area contributed by atoms with Crippen LogP contribution in [-0.4, -0.2) is 0 Å². The van der Waals surface area contributed by atoms with Crippen LogP contribution in [-0.2, 0) is 5.41 Å². The topological polar surface area (TPSA) is 3.24 Å². The van der Waals surface area contributed by atoms with Gasteiger partial charge >= 0.3 is 0 Å². The van der Waals surface area contributed by atoms with Gasteiger partial charge in [-0.05, 0) is 143 Å². The predicted octanol–water partition coefficient (Wildman–Crippen LogP) is 21.1. The van der Waals surface area contributed by atoms with E-state index in [2.05, 4.69) is 296 Å². The Bertz CT molecular complexity index is 4050. The molecule has 0 aliphatic heterocycles. The molecule has 2 aliphatic rings. The molecule has 0 unspecified atom stereocenters. The van der Waals surface area contributed by atoms with Crippen LogP contribution in [0.25, 0.3) is 77.5 Å². The van der Waals surface area contributed by atoms with E-state index in [1.165, 1.54) is 137 Å². The molecule has 0 atom stereocenters. The van der Waals surface area contributed by atoms with Crippen LogP contribution >= 0.6 is 0 Å². The number of hydrogen-bond donors (Lipinski definition) is 0. The maximum Gasteiger partial charge on any atom is 0.0713 e. The molecular weight excluding hydrogens is 939 g/mol. The van der Waals surface area contributed by atoms with Crippen molar-refractivity contribution in [2.45, 2.75) is 43.4 Å². The summed E-state index contributed by atoms with van der Waals surface area (Å²) in [5.41, 5.74) is 24.0. The summed E-state index contributed by atoms with van der Waals surface area (Å²) in [5, 5.41) is 2.68. The van der Waals surface area contributed by atoms with Crippen LogP contribution in [0.3, 0.4) is 0 Å². The van der Waals surface area contributed by atoms with Crippen LogP contribution in [0.15, 0.2) is 291 Å². The highest BCUT2D eigenvalue weighted by atomic mass is 15.1. The average Bonchev–Trinajstić information content (AvgIpc) is 3.86. The summed E-state index contributed by atoms with van der Waals surface area (Å²) in [4.78, 5) is 2.55. The first kappa shape index (κ1) is 47.2. The van der Waals surface area contributed by atoms with Crippen LogP contribution in [0.4, 0.5) is 17.1 Å². The monoisotopic (exact) mass is 997 g/mol. The standard InChI is InChI=1S/C77H59N/c1-6-25-55(26-7-1)63-52-49-59(53-70(63)57-29-10-3-11-30-57)54-47-50-62(51-48-54)78(73-45-20-17-37-65(73)67-41-23-32-58-31-22-40-64(75(58)67)56-27-8-2-9-28-56)74-46-21-18-38-66(74)68-42-24-44-72-76(68)69-39-16-19-43-71(69)77(72,60-33-12-4-13-34-60)61-35-14-5-15-36-61/h1,3-7,10-26,29-53,56H,2,8-9,27-28H2. The Morgan fingerprint density at radius 1 is 0.308 bits per heavy atom. The molecule has 78 heavy (non-hydrogen) atoms. The Kier molecular flexibility index (Phi) is 12.3. The molecule has 1 heteroatoms. The van der Waals surface area contributed by atoms with Gasteiger partial charge in [-0.2, -0.15) is 0 Å². The van der Waals surface area contributed by atoms with Crippen LogP contribution in [0.2, 0.25) is 0 Å². The first-order chi connectivity index (χ1) is 38.7. The summed E-state index contributed by atoms with van der Waals surface area (Å²) < 4.78 is 0. The van der Waals surface area contributed by atoms with Crippen molar-refractivity contribution in [1.82, 2.24) is 0 Å². The molecule has 372 valence electrons. The van der Waals surface area contributed by atoms with Gasteiger partial charge in [0.15, 0.2) is 0 Å². The highest BCUT2D eigenvalue weighted by Gasteiger charge is 2.47. The second kappa shape index (κ2) is 20.3. The van der Waals surface area contributed by atoms with E-state index in [0.717, 1.165) is 17.1 Å². The van der Waals surface area contributed by atoms with E-state index < -0.39 is 5.41 Å². The van der Waals surface area contributed by atoms with Gasteiger partial charge < -0.3 is 4.90 Å². The van der Waals surface area contributed by atoms with Gasteiger partial charge in [0.1, 0.15) is 0 Å². The molecule has 1 nitrogen and oxygen atoms in total. The molecule has 1 saturated carbocycles. The van der Waals surface area contributed by atoms with E-state index in [4.69, 9.17) is 0 Å². The molecule has 0 amide bonds. The first-order valence-electron chi connectivity index (χ1n) is 27.9. The fraction of sp³-hybridized carbons (Fsp3) is 0.0909. The van der Waals surface area contributed by atoms with Gasteiger partial charge in [-0.15, -0.1) is 0 Å². The minimum atomic E-state index is -0.522. The molecule has 0 heterocycles. The largest absolute Gasteiger partial charge is 0.309 e. The van der Waals surface area contributed by atoms with Crippen molar-refractivity contribution in [3.8, 4) is 66.8 Å². The Morgan fingerprint density at radius 2 is 0.795 bits per heavy atom. The van der Waals surface area contributed by atoms with Gasteiger partial charge in [-0.1, -0.05) is 280 Å². The second-order valence-corrected chi connectivity index (χ2v) is 21.3. The zero-order valence-corrected chi connectivity index (χ0v) is 43.8. The highest BCUT2D eigenvalue weighted by Crippen LogP contribution is 2.59. The Balaban J connectivity index is 0.986. The van der Waals surface area contributed by atoms with Crippen LogP contribution in [0, 0.1) is 0 Å².